The van der Waals surface area contributed by atoms with Crippen LogP contribution in [-0.4, -0.2) is 16.9 Å². The molecular formula is C13H16O3. The fourth-order valence-electron chi connectivity index (χ4n) is 1.92. The number of hydrogen-bond acceptors (Lipinski definition) is 2. The van der Waals surface area contributed by atoms with Gasteiger partial charge in [-0.05, 0) is 23.5 Å². The molecule has 3 heteroatoms. The largest absolute Gasteiger partial charge is 0.475 e. The first kappa shape index (κ1) is 12.4. The van der Waals surface area contributed by atoms with E-state index >= 15 is 0 Å². The molecule has 0 saturated carbocycles. The summed E-state index contributed by atoms with van der Waals surface area (Å²) in [5.74, 6) is -2.07. The highest BCUT2D eigenvalue weighted by atomic mass is 16.4. The predicted octanol–water partition coefficient (Wildman–Crippen LogP) is 2.64. The van der Waals surface area contributed by atoms with Crippen molar-refractivity contribution in [3.05, 3.63) is 34.9 Å². The summed E-state index contributed by atoms with van der Waals surface area (Å²) in [5.41, 5.74) is 2.22. The summed E-state index contributed by atoms with van der Waals surface area (Å²) in [5, 5.41) is 8.76. The molecule has 1 aromatic rings. The minimum Gasteiger partial charge on any atom is -0.475 e. The summed E-state index contributed by atoms with van der Waals surface area (Å²) in [6.45, 7) is 5.93. The number of hydrogen-bond donors (Lipinski definition) is 1. The van der Waals surface area contributed by atoms with Gasteiger partial charge in [0.1, 0.15) is 0 Å². The van der Waals surface area contributed by atoms with Crippen molar-refractivity contribution in [2.75, 3.05) is 0 Å². The van der Waals surface area contributed by atoms with Crippen LogP contribution in [-0.2, 0) is 11.2 Å². The standard InChI is InChI=1S/C13H16O3/c1-4-9-6-5-7-10(11(9)8(2)3)12(14)13(15)16/h5-8H,4H2,1-3H3,(H,15,16). The molecule has 0 aliphatic heterocycles. The number of Topliss-reactive ketones (excluding diaryl/α,β-unsaturated/α-hetero) is 1. The molecule has 0 aromatic heterocycles. The molecule has 1 rings (SSSR count). The average Bonchev–Trinajstić information content (AvgIpc) is 2.26. The minimum atomic E-state index is -1.39. The van der Waals surface area contributed by atoms with E-state index in [1.807, 2.05) is 26.8 Å². The van der Waals surface area contributed by atoms with Crippen molar-refractivity contribution in [3.8, 4) is 0 Å². The number of rotatable bonds is 4. The van der Waals surface area contributed by atoms with Gasteiger partial charge < -0.3 is 5.11 Å². The molecule has 86 valence electrons. The second kappa shape index (κ2) is 4.92. The molecule has 0 bridgehead atoms. The zero-order valence-electron chi connectivity index (χ0n) is 9.78. The molecular weight excluding hydrogens is 204 g/mol. The van der Waals surface area contributed by atoms with Crippen molar-refractivity contribution in [3.63, 3.8) is 0 Å². The Hall–Kier alpha value is -1.64. The van der Waals surface area contributed by atoms with E-state index < -0.39 is 11.8 Å². The lowest BCUT2D eigenvalue weighted by Gasteiger charge is -2.15. The summed E-state index contributed by atoms with van der Waals surface area (Å²) in [6, 6.07) is 5.26. The summed E-state index contributed by atoms with van der Waals surface area (Å²) in [4.78, 5) is 22.3. The number of carboxylic acids is 1. The molecule has 3 nitrogen and oxygen atoms in total. The molecule has 0 amide bonds. The lowest BCUT2D eigenvalue weighted by molar-refractivity contribution is -0.131. The van der Waals surface area contributed by atoms with E-state index in [4.69, 9.17) is 5.11 Å². The van der Waals surface area contributed by atoms with Crippen molar-refractivity contribution in [1.29, 1.82) is 0 Å². The molecule has 0 heterocycles. The number of carboxylic acid groups (broad SMARTS) is 1. The minimum absolute atomic E-state index is 0.148. The number of aryl methyl sites for hydroxylation is 1. The Morgan fingerprint density at radius 2 is 1.94 bits per heavy atom. The van der Waals surface area contributed by atoms with Crippen molar-refractivity contribution >= 4 is 11.8 Å². The Bertz CT molecular complexity index is 419. The van der Waals surface area contributed by atoms with Gasteiger partial charge in [-0.1, -0.05) is 39.0 Å². The number of benzene rings is 1. The van der Waals surface area contributed by atoms with Crippen LogP contribution in [0.4, 0.5) is 0 Å². The summed E-state index contributed by atoms with van der Waals surface area (Å²) < 4.78 is 0. The van der Waals surface area contributed by atoms with Gasteiger partial charge in [-0.25, -0.2) is 4.79 Å². The fourth-order valence-corrected chi connectivity index (χ4v) is 1.92. The smallest absolute Gasteiger partial charge is 0.377 e. The molecule has 0 aliphatic rings. The van der Waals surface area contributed by atoms with Gasteiger partial charge in [0.05, 0.1) is 0 Å². The normalized spacial score (nSPS) is 10.5. The van der Waals surface area contributed by atoms with E-state index in [9.17, 15) is 9.59 Å². The molecule has 0 atom stereocenters. The van der Waals surface area contributed by atoms with Crippen molar-refractivity contribution in [2.45, 2.75) is 33.1 Å². The summed E-state index contributed by atoms with van der Waals surface area (Å²) in [6.07, 6.45) is 0.800. The van der Waals surface area contributed by atoms with Gasteiger partial charge >= 0.3 is 5.97 Å². The SMILES string of the molecule is CCc1cccc(C(=O)C(=O)O)c1C(C)C. The van der Waals surface area contributed by atoms with Crippen LogP contribution in [0.5, 0.6) is 0 Å². The Balaban J connectivity index is 3.38. The third kappa shape index (κ3) is 2.30. The monoisotopic (exact) mass is 220 g/mol. The molecule has 0 saturated heterocycles. The Labute approximate surface area is 95.1 Å². The highest BCUT2D eigenvalue weighted by Gasteiger charge is 2.21. The van der Waals surface area contributed by atoms with E-state index in [0.717, 1.165) is 17.5 Å². The van der Waals surface area contributed by atoms with Crippen LogP contribution in [0.1, 0.15) is 48.2 Å². The molecule has 16 heavy (non-hydrogen) atoms. The van der Waals surface area contributed by atoms with Gasteiger partial charge in [0.25, 0.3) is 5.78 Å². The predicted molar refractivity (Wildman–Crippen MR) is 61.9 cm³/mol. The van der Waals surface area contributed by atoms with Crippen molar-refractivity contribution < 1.29 is 14.7 Å². The molecule has 0 spiro atoms. The van der Waals surface area contributed by atoms with Gasteiger partial charge in [-0.3, -0.25) is 4.79 Å². The van der Waals surface area contributed by atoms with Crippen LogP contribution in [0.25, 0.3) is 0 Å². The zero-order chi connectivity index (χ0) is 12.3. The Kier molecular flexibility index (Phi) is 3.82. The van der Waals surface area contributed by atoms with Gasteiger partial charge in [0.15, 0.2) is 0 Å². The Morgan fingerprint density at radius 1 is 1.31 bits per heavy atom. The molecule has 1 aromatic carbocycles. The number of ketones is 1. The topological polar surface area (TPSA) is 54.4 Å². The molecule has 0 radical (unpaired) electrons. The first-order valence-corrected chi connectivity index (χ1v) is 5.38. The van der Waals surface area contributed by atoms with Crippen LogP contribution in [0, 0.1) is 0 Å². The van der Waals surface area contributed by atoms with Crippen LogP contribution < -0.4 is 0 Å². The first-order valence-electron chi connectivity index (χ1n) is 5.38. The number of carbonyl (C=O) groups excluding carboxylic acids is 1. The van der Waals surface area contributed by atoms with Crippen LogP contribution in [0.3, 0.4) is 0 Å². The lowest BCUT2D eigenvalue weighted by atomic mass is 9.89. The highest BCUT2D eigenvalue weighted by molar-refractivity contribution is 6.40. The van der Waals surface area contributed by atoms with Gasteiger partial charge in [0, 0.05) is 5.56 Å². The average molecular weight is 220 g/mol. The third-order valence-corrected chi connectivity index (χ3v) is 2.59. The first-order chi connectivity index (χ1) is 7.49. The van der Waals surface area contributed by atoms with Crippen molar-refractivity contribution in [2.24, 2.45) is 0 Å². The van der Waals surface area contributed by atoms with E-state index in [1.165, 1.54) is 0 Å². The summed E-state index contributed by atoms with van der Waals surface area (Å²) >= 11 is 0. The van der Waals surface area contributed by atoms with Gasteiger partial charge in [0.2, 0.25) is 0 Å². The van der Waals surface area contributed by atoms with Gasteiger partial charge in [-0.15, -0.1) is 0 Å². The highest BCUT2D eigenvalue weighted by Crippen LogP contribution is 2.24. The zero-order valence-corrected chi connectivity index (χ0v) is 9.78. The maximum Gasteiger partial charge on any atom is 0.377 e. The maximum atomic E-state index is 11.5. The molecule has 0 unspecified atom stereocenters. The van der Waals surface area contributed by atoms with Crippen LogP contribution in [0.15, 0.2) is 18.2 Å². The fraction of sp³-hybridized carbons (Fsp3) is 0.385. The second-order valence-electron chi connectivity index (χ2n) is 4.02. The van der Waals surface area contributed by atoms with Crippen molar-refractivity contribution in [1.82, 2.24) is 0 Å². The van der Waals surface area contributed by atoms with E-state index in [-0.39, 0.29) is 5.92 Å². The maximum absolute atomic E-state index is 11.5. The summed E-state index contributed by atoms with van der Waals surface area (Å²) in [7, 11) is 0. The van der Waals surface area contributed by atoms with Crippen LogP contribution in [0.2, 0.25) is 0 Å². The lowest BCUT2D eigenvalue weighted by Crippen LogP contribution is -2.16. The number of aliphatic carboxylic acids is 1. The molecule has 1 N–H and O–H groups in total. The van der Waals surface area contributed by atoms with E-state index in [1.54, 1.807) is 12.1 Å². The van der Waals surface area contributed by atoms with Gasteiger partial charge in [-0.2, -0.15) is 0 Å². The second-order valence-corrected chi connectivity index (χ2v) is 4.02. The molecule has 0 aliphatic carbocycles. The Morgan fingerprint density at radius 3 is 2.38 bits per heavy atom. The van der Waals surface area contributed by atoms with Crippen LogP contribution >= 0.6 is 0 Å². The third-order valence-electron chi connectivity index (χ3n) is 2.59. The molecule has 0 fully saturated rings. The van der Waals surface area contributed by atoms with E-state index in [0.29, 0.717) is 5.56 Å². The van der Waals surface area contributed by atoms with E-state index in [2.05, 4.69) is 0 Å². The quantitative estimate of drug-likeness (QED) is 0.627. The number of carbonyl (C=O) groups is 2.